The molecule has 0 saturated carbocycles. The molecule has 1 aliphatic rings. The fourth-order valence-electron chi connectivity index (χ4n) is 3.46. The lowest BCUT2D eigenvalue weighted by Gasteiger charge is -2.37. The summed E-state index contributed by atoms with van der Waals surface area (Å²) in [5.41, 5.74) is 3.99. The van der Waals surface area contributed by atoms with E-state index in [9.17, 15) is 4.79 Å². The number of anilines is 1. The number of nitrogens with one attached hydrogen (secondary N) is 2. The Morgan fingerprint density at radius 1 is 1.07 bits per heavy atom. The van der Waals surface area contributed by atoms with Crippen LogP contribution in [0.5, 0.6) is 5.75 Å². The second-order valence-electron chi connectivity index (χ2n) is 6.37. The summed E-state index contributed by atoms with van der Waals surface area (Å²) in [7, 11) is 1.65. The van der Waals surface area contributed by atoms with Gasteiger partial charge in [0, 0.05) is 18.7 Å². The van der Waals surface area contributed by atoms with Gasteiger partial charge in [0.25, 0.3) is 6.47 Å². The van der Waals surface area contributed by atoms with Crippen molar-refractivity contribution in [2.24, 2.45) is 0 Å². The average Bonchev–Trinajstić information content (AvgIpc) is 3.05. The van der Waals surface area contributed by atoms with Gasteiger partial charge < -0.3 is 14.4 Å². The smallest absolute Gasteiger partial charge is 0.295 e. The molecule has 2 N–H and O–H groups in total. The Morgan fingerprint density at radius 2 is 1.82 bits per heavy atom. The van der Waals surface area contributed by atoms with Crippen molar-refractivity contribution in [1.82, 2.24) is 14.8 Å². The van der Waals surface area contributed by atoms with Gasteiger partial charge in [-0.15, -0.1) is 0 Å². The van der Waals surface area contributed by atoms with E-state index in [1.165, 1.54) is 0 Å². The number of methoxy groups -OCH3 is 1. The number of hydrogen-bond donors (Lipinski definition) is 2. The highest BCUT2D eigenvalue weighted by molar-refractivity contribution is 7.72. The molecular weight excluding hydrogens is 396 g/mol. The molecule has 4 rings (SSSR count). The van der Waals surface area contributed by atoms with Crippen LogP contribution in [0.15, 0.2) is 42.5 Å². The number of carbonyl (C=O) groups excluding carboxylic acids is 1. The SMILES string of the molecule is COc1ccc2c(c1)CN(c1cccc(-n3c(=S)[nH][nH]c3=S)c1)C(OC=O)C2. The van der Waals surface area contributed by atoms with E-state index >= 15 is 0 Å². The van der Waals surface area contributed by atoms with Crippen molar-refractivity contribution >= 4 is 36.6 Å². The van der Waals surface area contributed by atoms with E-state index in [0.29, 0.717) is 29.0 Å². The van der Waals surface area contributed by atoms with E-state index in [2.05, 4.69) is 10.2 Å². The van der Waals surface area contributed by atoms with Crippen LogP contribution in [-0.4, -0.2) is 34.6 Å². The lowest BCUT2D eigenvalue weighted by atomic mass is 9.97. The second kappa shape index (κ2) is 7.61. The zero-order chi connectivity index (χ0) is 19.7. The van der Waals surface area contributed by atoms with Crippen LogP contribution in [0.2, 0.25) is 0 Å². The lowest BCUT2D eigenvalue weighted by molar-refractivity contribution is -0.133. The minimum Gasteiger partial charge on any atom is -0.497 e. The molecule has 1 aromatic heterocycles. The van der Waals surface area contributed by atoms with Gasteiger partial charge in [0.2, 0.25) is 0 Å². The van der Waals surface area contributed by atoms with E-state index < -0.39 is 6.23 Å². The third kappa shape index (κ3) is 3.34. The van der Waals surface area contributed by atoms with Crippen molar-refractivity contribution in [2.75, 3.05) is 12.0 Å². The molecule has 144 valence electrons. The Bertz CT molecular complexity index is 1110. The predicted molar refractivity (Wildman–Crippen MR) is 110 cm³/mol. The van der Waals surface area contributed by atoms with Crippen molar-refractivity contribution in [3.63, 3.8) is 0 Å². The van der Waals surface area contributed by atoms with Crippen molar-refractivity contribution < 1.29 is 14.3 Å². The zero-order valence-corrected chi connectivity index (χ0v) is 16.7. The highest BCUT2D eigenvalue weighted by Gasteiger charge is 2.28. The van der Waals surface area contributed by atoms with Gasteiger partial charge in [-0.1, -0.05) is 12.1 Å². The summed E-state index contributed by atoms with van der Waals surface area (Å²) in [4.78, 5) is 13.1. The monoisotopic (exact) mass is 414 g/mol. The summed E-state index contributed by atoms with van der Waals surface area (Å²) in [5.74, 6) is 0.798. The first-order valence-corrected chi connectivity index (χ1v) is 9.44. The van der Waals surface area contributed by atoms with Gasteiger partial charge in [0.1, 0.15) is 5.75 Å². The Kier molecular flexibility index (Phi) is 5.01. The van der Waals surface area contributed by atoms with E-state index in [4.69, 9.17) is 33.9 Å². The molecule has 3 aromatic rings. The standard InChI is InChI=1S/C19H18N4O3S2/c1-25-16-6-5-12-8-17(26-11-24)22(10-13(12)7-16)14-3-2-4-15(9-14)23-18(27)20-21-19(23)28/h2-7,9,11,17H,8,10H2,1H3,(H,20,27)(H,21,28). The van der Waals surface area contributed by atoms with Crippen LogP contribution in [0, 0.1) is 9.54 Å². The molecule has 0 saturated heterocycles. The molecule has 0 aliphatic carbocycles. The Balaban J connectivity index is 1.76. The summed E-state index contributed by atoms with van der Waals surface area (Å²) in [6.45, 7) is 1.08. The molecule has 1 unspecified atom stereocenters. The molecule has 2 aromatic carbocycles. The maximum atomic E-state index is 11.1. The number of hydrogen-bond acceptors (Lipinski definition) is 6. The van der Waals surface area contributed by atoms with Crippen LogP contribution in [0.1, 0.15) is 11.1 Å². The van der Waals surface area contributed by atoms with Gasteiger partial charge in [0.05, 0.1) is 12.8 Å². The minimum absolute atomic E-state index is 0.401. The van der Waals surface area contributed by atoms with Crippen molar-refractivity contribution in [1.29, 1.82) is 0 Å². The lowest BCUT2D eigenvalue weighted by Crippen LogP contribution is -2.42. The molecule has 0 amide bonds. The fourth-order valence-corrected chi connectivity index (χ4v) is 4.01. The Hall–Kier alpha value is -2.91. The largest absolute Gasteiger partial charge is 0.497 e. The molecule has 0 bridgehead atoms. The van der Waals surface area contributed by atoms with Crippen molar-refractivity contribution in [3.8, 4) is 11.4 Å². The zero-order valence-electron chi connectivity index (χ0n) is 15.0. The average molecular weight is 415 g/mol. The first-order chi connectivity index (χ1) is 13.6. The molecular formula is C19H18N4O3S2. The molecule has 1 atom stereocenters. The normalized spacial score (nSPS) is 15.8. The van der Waals surface area contributed by atoms with Gasteiger partial charge >= 0.3 is 0 Å². The summed E-state index contributed by atoms with van der Waals surface area (Å²) in [5, 5.41) is 5.68. The maximum absolute atomic E-state index is 11.1. The van der Waals surface area contributed by atoms with Crippen LogP contribution in [0.3, 0.4) is 0 Å². The highest BCUT2D eigenvalue weighted by atomic mass is 32.1. The second-order valence-corrected chi connectivity index (χ2v) is 7.14. The van der Waals surface area contributed by atoms with E-state index in [-0.39, 0.29) is 0 Å². The molecule has 9 heteroatoms. The number of H-pyrrole nitrogens is 2. The van der Waals surface area contributed by atoms with Crippen LogP contribution in [-0.2, 0) is 22.5 Å². The molecule has 0 spiro atoms. The fraction of sp³-hybridized carbons (Fsp3) is 0.211. The molecule has 2 heterocycles. The van der Waals surface area contributed by atoms with Crippen LogP contribution in [0.25, 0.3) is 5.69 Å². The molecule has 0 radical (unpaired) electrons. The first kappa shape index (κ1) is 18.5. The van der Waals surface area contributed by atoms with Gasteiger partial charge in [0.15, 0.2) is 15.8 Å². The first-order valence-electron chi connectivity index (χ1n) is 8.62. The number of fused-ring (bicyclic) bond motifs is 1. The molecule has 7 nitrogen and oxygen atoms in total. The van der Waals surface area contributed by atoms with Gasteiger partial charge in [-0.25, -0.2) is 0 Å². The van der Waals surface area contributed by atoms with Crippen LogP contribution < -0.4 is 9.64 Å². The summed E-state index contributed by atoms with van der Waals surface area (Å²) in [6.07, 6.45) is 0.189. The number of aromatic amines is 2. The number of aromatic nitrogens is 3. The summed E-state index contributed by atoms with van der Waals surface area (Å²) < 4.78 is 13.5. The number of carbonyl (C=O) groups is 1. The molecule has 0 fully saturated rings. The molecule has 28 heavy (non-hydrogen) atoms. The van der Waals surface area contributed by atoms with Crippen molar-refractivity contribution in [2.45, 2.75) is 19.2 Å². The predicted octanol–water partition coefficient (Wildman–Crippen LogP) is 3.66. The highest BCUT2D eigenvalue weighted by Crippen LogP contribution is 2.32. The number of ether oxygens (including phenoxy) is 2. The number of nitrogens with zero attached hydrogens (tertiary/aromatic N) is 2. The Morgan fingerprint density at radius 3 is 2.54 bits per heavy atom. The van der Waals surface area contributed by atoms with Gasteiger partial charge in [-0.3, -0.25) is 19.6 Å². The minimum atomic E-state index is -0.401. The van der Waals surface area contributed by atoms with Gasteiger partial charge in [-0.2, -0.15) is 0 Å². The van der Waals surface area contributed by atoms with Crippen molar-refractivity contribution in [3.05, 3.63) is 63.1 Å². The quantitative estimate of drug-likeness (QED) is 0.490. The third-order valence-electron chi connectivity index (χ3n) is 4.81. The molecule has 1 aliphatic heterocycles. The summed E-state index contributed by atoms with van der Waals surface area (Å²) in [6, 6.07) is 13.7. The number of rotatable bonds is 5. The van der Waals surface area contributed by atoms with E-state index in [0.717, 1.165) is 28.3 Å². The van der Waals surface area contributed by atoms with Crippen LogP contribution >= 0.6 is 24.4 Å². The Labute approximate surface area is 171 Å². The van der Waals surface area contributed by atoms with Crippen LogP contribution in [0.4, 0.5) is 5.69 Å². The van der Waals surface area contributed by atoms with E-state index in [1.807, 2.05) is 47.4 Å². The third-order valence-corrected chi connectivity index (χ3v) is 5.38. The number of benzene rings is 2. The maximum Gasteiger partial charge on any atom is 0.295 e. The topological polar surface area (TPSA) is 75.3 Å². The van der Waals surface area contributed by atoms with Gasteiger partial charge in [-0.05, 0) is 65.9 Å². The summed E-state index contributed by atoms with van der Waals surface area (Å²) >= 11 is 10.6. The van der Waals surface area contributed by atoms with E-state index in [1.54, 1.807) is 11.7 Å².